The Hall–Kier alpha value is -2.02. The fraction of sp³-hybridized carbons (Fsp3) is 0.316. The Balaban J connectivity index is 1.78. The molecule has 1 aliphatic rings. The molecular weight excluding hydrogens is 336 g/mol. The SMILES string of the molecule is O=C(c1ccccc1)c1ccccc1S(=O)(=O)NCCC1CCNC1. The van der Waals surface area contributed by atoms with Crippen molar-refractivity contribution in [1.29, 1.82) is 0 Å². The molecule has 1 atom stereocenters. The molecule has 1 saturated heterocycles. The lowest BCUT2D eigenvalue weighted by atomic mass is 10.0. The van der Waals surface area contributed by atoms with E-state index < -0.39 is 10.0 Å². The van der Waals surface area contributed by atoms with Crippen LogP contribution in [0.3, 0.4) is 0 Å². The second kappa shape index (κ2) is 7.91. The van der Waals surface area contributed by atoms with Crippen LogP contribution in [0.2, 0.25) is 0 Å². The summed E-state index contributed by atoms with van der Waals surface area (Å²) in [6.45, 7) is 2.30. The van der Waals surface area contributed by atoms with Gasteiger partial charge in [-0.25, -0.2) is 13.1 Å². The highest BCUT2D eigenvalue weighted by Crippen LogP contribution is 2.20. The van der Waals surface area contributed by atoms with E-state index in [0.29, 0.717) is 18.0 Å². The molecule has 0 aromatic heterocycles. The van der Waals surface area contributed by atoms with Gasteiger partial charge in [-0.3, -0.25) is 4.79 Å². The number of rotatable bonds is 7. The molecule has 5 nitrogen and oxygen atoms in total. The van der Waals surface area contributed by atoms with Crippen molar-refractivity contribution < 1.29 is 13.2 Å². The highest BCUT2D eigenvalue weighted by atomic mass is 32.2. The Morgan fingerprint density at radius 2 is 1.80 bits per heavy atom. The van der Waals surface area contributed by atoms with Gasteiger partial charge >= 0.3 is 0 Å². The number of carbonyl (C=O) groups is 1. The van der Waals surface area contributed by atoms with E-state index in [2.05, 4.69) is 10.0 Å². The summed E-state index contributed by atoms with van der Waals surface area (Å²) in [6, 6.07) is 15.1. The number of sulfonamides is 1. The lowest BCUT2D eigenvalue weighted by molar-refractivity contribution is 0.103. The normalized spacial score (nSPS) is 17.5. The lowest BCUT2D eigenvalue weighted by Crippen LogP contribution is -2.28. The fourth-order valence-corrected chi connectivity index (χ4v) is 4.32. The van der Waals surface area contributed by atoms with E-state index in [4.69, 9.17) is 0 Å². The Bertz CT molecular complexity index is 829. The molecule has 1 aliphatic heterocycles. The summed E-state index contributed by atoms with van der Waals surface area (Å²) in [4.78, 5) is 12.7. The smallest absolute Gasteiger partial charge is 0.241 e. The van der Waals surface area contributed by atoms with Gasteiger partial charge in [0.05, 0.1) is 4.90 Å². The molecule has 1 unspecified atom stereocenters. The first-order valence-electron chi connectivity index (χ1n) is 8.47. The Kier molecular flexibility index (Phi) is 5.63. The molecule has 132 valence electrons. The van der Waals surface area contributed by atoms with E-state index in [-0.39, 0.29) is 16.2 Å². The van der Waals surface area contributed by atoms with Gasteiger partial charge in [-0.2, -0.15) is 0 Å². The number of ketones is 1. The maximum absolute atomic E-state index is 12.7. The van der Waals surface area contributed by atoms with Gasteiger partial charge in [0.15, 0.2) is 5.78 Å². The monoisotopic (exact) mass is 358 g/mol. The van der Waals surface area contributed by atoms with E-state index in [9.17, 15) is 13.2 Å². The van der Waals surface area contributed by atoms with E-state index >= 15 is 0 Å². The summed E-state index contributed by atoms with van der Waals surface area (Å²) in [5, 5.41) is 3.27. The zero-order valence-electron chi connectivity index (χ0n) is 13.9. The Morgan fingerprint density at radius 3 is 2.52 bits per heavy atom. The minimum absolute atomic E-state index is 0.0356. The molecular formula is C19H22N2O3S. The van der Waals surface area contributed by atoms with Crippen molar-refractivity contribution in [3.8, 4) is 0 Å². The van der Waals surface area contributed by atoms with E-state index in [1.54, 1.807) is 42.5 Å². The molecule has 2 N–H and O–H groups in total. The Morgan fingerprint density at radius 1 is 1.08 bits per heavy atom. The standard InChI is InChI=1S/C19H22N2O3S/c22-19(16-6-2-1-3-7-16)17-8-4-5-9-18(17)25(23,24)21-13-11-15-10-12-20-14-15/h1-9,15,20-21H,10-14H2. The van der Waals surface area contributed by atoms with Crippen LogP contribution in [0.1, 0.15) is 28.8 Å². The summed E-state index contributed by atoms with van der Waals surface area (Å²) in [5.74, 6) is 0.213. The van der Waals surface area contributed by atoms with Gasteiger partial charge in [-0.05, 0) is 44.0 Å². The Labute approximate surface area is 148 Å². The van der Waals surface area contributed by atoms with Crippen LogP contribution in [0.4, 0.5) is 0 Å². The fourth-order valence-electron chi connectivity index (χ4n) is 3.07. The molecule has 2 aromatic carbocycles. The van der Waals surface area contributed by atoms with Crippen molar-refractivity contribution in [2.24, 2.45) is 5.92 Å². The van der Waals surface area contributed by atoms with E-state index in [1.807, 2.05) is 6.07 Å². The van der Waals surface area contributed by atoms with Crippen LogP contribution in [0.25, 0.3) is 0 Å². The first kappa shape index (κ1) is 17.8. The zero-order valence-corrected chi connectivity index (χ0v) is 14.8. The molecule has 0 aliphatic carbocycles. The van der Waals surface area contributed by atoms with Crippen LogP contribution in [-0.4, -0.2) is 33.8 Å². The van der Waals surface area contributed by atoms with Gasteiger partial charge in [0, 0.05) is 17.7 Å². The van der Waals surface area contributed by atoms with Crippen LogP contribution in [0.15, 0.2) is 59.5 Å². The predicted octanol–water partition coefficient (Wildman–Crippen LogP) is 2.20. The van der Waals surface area contributed by atoms with E-state index in [1.165, 1.54) is 6.07 Å². The molecule has 2 aromatic rings. The maximum atomic E-state index is 12.7. The molecule has 0 bridgehead atoms. The van der Waals surface area contributed by atoms with Crippen LogP contribution in [0.5, 0.6) is 0 Å². The van der Waals surface area contributed by atoms with Gasteiger partial charge in [-0.1, -0.05) is 42.5 Å². The first-order valence-corrected chi connectivity index (χ1v) is 9.95. The van der Waals surface area contributed by atoms with Gasteiger partial charge < -0.3 is 5.32 Å². The van der Waals surface area contributed by atoms with Crippen LogP contribution < -0.4 is 10.0 Å². The molecule has 25 heavy (non-hydrogen) atoms. The zero-order chi connectivity index (χ0) is 17.7. The van der Waals surface area contributed by atoms with Crippen molar-refractivity contribution >= 4 is 15.8 Å². The van der Waals surface area contributed by atoms with Crippen molar-refractivity contribution in [3.63, 3.8) is 0 Å². The number of nitrogens with one attached hydrogen (secondary N) is 2. The second-order valence-corrected chi connectivity index (χ2v) is 7.97. The maximum Gasteiger partial charge on any atom is 0.241 e. The summed E-state index contributed by atoms with van der Waals surface area (Å²) in [6.07, 6.45) is 1.87. The minimum atomic E-state index is -3.73. The molecule has 6 heteroatoms. The molecule has 1 heterocycles. The molecule has 0 saturated carbocycles. The molecule has 3 rings (SSSR count). The lowest BCUT2D eigenvalue weighted by Gasteiger charge is -2.12. The summed E-state index contributed by atoms with van der Waals surface area (Å²) in [5.41, 5.74) is 0.672. The van der Waals surface area contributed by atoms with Crippen molar-refractivity contribution in [3.05, 3.63) is 65.7 Å². The summed E-state index contributed by atoms with van der Waals surface area (Å²) in [7, 11) is -3.73. The number of hydrogen-bond acceptors (Lipinski definition) is 4. The summed E-state index contributed by atoms with van der Waals surface area (Å²) >= 11 is 0. The van der Waals surface area contributed by atoms with Crippen LogP contribution >= 0.6 is 0 Å². The van der Waals surface area contributed by atoms with Crippen molar-refractivity contribution in [2.75, 3.05) is 19.6 Å². The quantitative estimate of drug-likeness (QED) is 0.744. The van der Waals surface area contributed by atoms with Gasteiger partial charge in [-0.15, -0.1) is 0 Å². The molecule has 0 radical (unpaired) electrons. The van der Waals surface area contributed by atoms with Gasteiger partial charge in [0.1, 0.15) is 0 Å². The highest BCUT2D eigenvalue weighted by Gasteiger charge is 2.23. The predicted molar refractivity (Wildman–Crippen MR) is 97.1 cm³/mol. The summed E-state index contributed by atoms with van der Waals surface area (Å²) < 4.78 is 28.0. The minimum Gasteiger partial charge on any atom is -0.316 e. The number of carbonyl (C=O) groups excluding carboxylic acids is 1. The average molecular weight is 358 g/mol. The van der Waals surface area contributed by atoms with E-state index in [0.717, 1.165) is 25.9 Å². The highest BCUT2D eigenvalue weighted by molar-refractivity contribution is 7.89. The molecule has 1 fully saturated rings. The number of hydrogen-bond donors (Lipinski definition) is 2. The molecule has 0 spiro atoms. The average Bonchev–Trinajstić information content (AvgIpc) is 3.15. The largest absolute Gasteiger partial charge is 0.316 e. The third kappa shape index (κ3) is 4.34. The van der Waals surface area contributed by atoms with Crippen LogP contribution in [-0.2, 0) is 10.0 Å². The van der Waals surface area contributed by atoms with Gasteiger partial charge in [0.25, 0.3) is 0 Å². The number of benzene rings is 2. The third-order valence-corrected chi connectivity index (χ3v) is 5.98. The van der Waals surface area contributed by atoms with Crippen molar-refractivity contribution in [1.82, 2.24) is 10.0 Å². The third-order valence-electron chi connectivity index (χ3n) is 4.46. The molecule has 0 amide bonds. The van der Waals surface area contributed by atoms with Crippen LogP contribution in [0, 0.1) is 5.92 Å². The second-order valence-electron chi connectivity index (χ2n) is 6.24. The van der Waals surface area contributed by atoms with Crippen molar-refractivity contribution in [2.45, 2.75) is 17.7 Å². The first-order chi connectivity index (χ1) is 12.1. The van der Waals surface area contributed by atoms with Gasteiger partial charge in [0.2, 0.25) is 10.0 Å². The topological polar surface area (TPSA) is 75.3 Å².